The molecule has 0 aliphatic rings. The van der Waals surface area contributed by atoms with Gasteiger partial charge in [-0.05, 0) is 42.5 Å². The molecule has 2 aromatic carbocycles. The monoisotopic (exact) mass is 312 g/mol. The quantitative estimate of drug-likeness (QED) is 0.851. The summed E-state index contributed by atoms with van der Waals surface area (Å²) in [6.07, 6.45) is 0. The molecule has 0 bridgehead atoms. The Balaban J connectivity index is 2.32. The fourth-order valence-corrected chi connectivity index (χ4v) is 3.19. The summed E-state index contributed by atoms with van der Waals surface area (Å²) in [6, 6.07) is 10.8. The molecule has 0 radical (unpaired) electrons. The molecule has 2 rings (SSSR count). The summed E-state index contributed by atoms with van der Waals surface area (Å²) >= 11 is 5.90. The van der Waals surface area contributed by atoms with Gasteiger partial charge in [-0.1, -0.05) is 11.6 Å². The van der Waals surface area contributed by atoms with Gasteiger partial charge in [0.25, 0.3) is 10.0 Å². The van der Waals surface area contributed by atoms with E-state index in [2.05, 4.69) is 4.72 Å². The maximum Gasteiger partial charge on any atom is 0.263 e. The van der Waals surface area contributed by atoms with Crippen LogP contribution in [0.5, 0.6) is 5.75 Å². The molecule has 0 saturated heterocycles. The number of ether oxygens (including phenoxy) is 1. The molecule has 0 fully saturated rings. The third kappa shape index (κ3) is 3.15. The Hall–Kier alpha value is -1.92. The van der Waals surface area contributed by atoms with Crippen molar-refractivity contribution in [2.24, 2.45) is 0 Å². The van der Waals surface area contributed by atoms with Crippen LogP contribution in [0.15, 0.2) is 47.4 Å². The number of nitrogens with one attached hydrogen (secondary N) is 1. The Bertz CT molecular complexity index is 715. The van der Waals surface area contributed by atoms with E-state index in [-0.39, 0.29) is 9.92 Å². The number of sulfonamides is 1. The highest BCUT2D eigenvalue weighted by Gasteiger charge is 2.18. The first-order chi connectivity index (χ1) is 9.42. The van der Waals surface area contributed by atoms with Crippen molar-refractivity contribution < 1.29 is 13.2 Å². The van der Waals surface area contributed by atoms with E-state index >= 15 is 0 Å². The van der Waals surface area contributed by atoms with Crippen molar-refractivity contribution in [1.82, 2.24) is 0 Å². The minimum absolute atomic E-state index is 0.0602. The van der Waals surface area contributed by atoms with Crippen LogP contribution in [-0.4, -0.2) is 15.5 Å². The second-order valence-corrected chi connectivity index (χ2v) is 6.08. The largest absolute Gasteiger partial charge is 0.497 e. The van der Waals surface area contributed by atoms with Crippen molar-refractivity contribution in [3.63, 3.8) is 0 Å². The van der Waals surface area contributed by atoms with E-state index in [1.54, 1.807) is 24.3 Å². The molecule has 0 spiro atoms. The van der Waals surface area contributed by atoms with Crippen molar-refractivity contribution in [2.75, 3.05) is 17.6 Å². The van der Waals surface area contributed by atoms with Crippen LogP contribution in [0, 0.1) is 0 Å². The van der Waals surface area contributed by atoms with Gasteiger partial charge in [-0.2, -0.15) is 0 Å². The van der Waals surface area contributed by atoms with Crippen LogP contribution in [0.2, 0.25) is 5.02 Å². The van der Waals surface area contributed by atoms with Gasteiger partial charge >= 0.3 is 0 Å². The minimum Gasteiger partial charge on any atom is -0.497 e. The number of hydrogen-bond acceptors (Lipinski definition) is 4. The molecule has 0 saturated carbocycles. The molecule has 7 heteroatoms. The smallest absolute Gasteiger partial charge is 0.263 e. The summed E-state index contributed by atoms with van der Waals surface area (Å²) in [4.78, 5) is -0.0602. The standard InChI is InChI=1S/C13H13ClN2O3S/c1-19-11-5-3-10(4-6-11)16-20(17,18)13-8-9(15)2-7-12(13)14/h2-8,16H,15H2,1H3. The summed E-state index contributed by atoms with van der Waals surface area (Å²) in [5, 5.41) is 0.111. The van der Waals surface area contributed by atoms with Crippen molar-refractivity contribution in [3.8, 4) is 5.75 Å². The van der Waals surface area contributed by atoms with Gasteiger partial charge in [0.05, 0.1) is 12.1 Å². The number of methoxy groups -OCH3 is 1. The Labute approximate surface area is 122 Å². The number of benzene rings is 2. The second-order valence-electron chi connectivity index (χ2n) is 4.02. The number of rotatable bonds is 4. The fourth-order valence-electron chi connectivity index (χ4n) is 1.60. The summed E-state index contributed by atoms with van der Waals surface area (Å²) in [5.41, 5.74) is 6.32. The predicted octanol–water partition coefficient (Wildman–Crippen LogP) is 2.73. The molecular formula is C13H13ClN2O3S. The third-order valence-electron chi connectivity index (χ3n) is 2.59. The Morgan fingerprint density at radius 1 is 1.15 bits per heavy atom. The molecule has 3 N–H and O–H groups in total. The molecule has 0 atom stereocenters. The average Bonchev–Trinajstić information content (AvgIpc) is 2.42. The zero-order chi connectivity index (χ0) is 14.8. The second kappa shape index (κ2) is 5.60. The van der Waals surface area contributed by atoms with Gasteiger partial charge in [0, 0.05) is 11.4 Å². The van der Waals surface area contributed by atoms with E-state index < -0.39 is 10.0 Å². The molecule has 0 unspecified atom stereocenters. The molecule has 0 aliphatic heterocycles. The summed E-state index contributed by atoms with van der Waals surface area (Å²) in [7, 11) is -2.26. The molecule has 106 valence electrons. The Morgan fingerprint density at radius 2 is 1.80 bits per heavy atom. The highest BCUT2D eigenvalue weighted by Crippen LogP contribution is 2.26. The predicted molar refractivity (Wildman–Crippen MR) is 79.7 cm³/mol. The van der Waals surface area contributed by atoms with E-state index in [4.69, 9.17) is 22.1 Å². The maximum atomic E-state index is 12.2. The minimum atomic E-state index is -3.79. The summed E-state index contributed by atoms with van der Waals surface area (Å²) < 4.78 is 31.9. The number of nitrogens with two attached hydrogens (primary N) is 1. The number of nitrogen functional groups attached to an aromatic ring is 1. The Kier molecular flexibility index (Phi) is 4.06. The van der Waals surface area contributed by atoms with Gasteiger partial charge in [-0.3, -0.25) is 4.72 Å². The third-order valence-corrected chi connectivity index (χ3v) is 4.45. The summed E-state index contributed by atoms with van der Waals surface area (Å²) in [6.45, 7) is 0. The van der Waals surface area contributed by atoms with Gasteiger partial charge < -0.3 is 10.5 Å². The summed E-state index contributed by atoms with van der Waals surface area (Å²) in [5.74, 6) is 0.634. The SMILES string of the molecule is COc1ccc(NS(=O)(=O)c2cc(N)ccc2Cl)cc1. The molecule has 0 heterocycles. The van der Waals surface area contributed by atoms with E-state index in [1.165, 1.54) is 25.3 Å². The van der Waals surface area contributed by atoms with Crippen LogP contribution < -0.4 is 15.2 Å². The van der Waals surface area contributed by atoms with E-state index in [0.29, 0.717) is 17.1 Å². The number of hydrogen-bond donors (Lipinski definition) is 2. The fraction of sp³-hybridized carbons (Fsp3) is 0.0769. The number of anilines is 2. The van der Waals surface area contributed by atoms with E-state index in [1.807, 2.05) is 0 Å². The lowest BCUT2D eigenvalue weighted by atomic mass is 10.3. The van der Waals surface area contributed by atoms with Crippen LogP contribution in [0.4, 0.5) is 11.4 Å². The van der Waals surface area contributed by atoms with Gasteiger partial charge in [-0.15, -0.1) is 0 Å². The molecular weight excluding hydrogens is 300 g/mol. The lowest BCUT2D eigenvalue weighted by molar-refractivity contribution is 0.415. The van der Waals surface area contributed by atoms with Gasteiger partial charge in [0.15, 0.2) is 0 Å². The molecule has 20 heavy (non-hydrogen) atoms. The Morgan fingerprint density at radius 3 is 2.40 bits per heavy atom. The topological polar surface area (TPSA) is 81.4 Å². The molecule has 2 aromatic rings. The van der Waals surface area contributed by atoms with Gasteiger partial charge in [0.1, 0.15) is 10.6 Å². The van der Waals surface area contributed by atoms with Crippen molar-refractivity contribution in [2.45, 2.75) is 4.90 Å². The van der Waals surface area contributed by atoms with Crippen LogP contribution >= 0.6 is 11.6 Å². The van der Waals surface area contributed by atoms with Gasteiger partial charge in [0.2, 0.25) is 0 Å². The van der Waals surface area contributed by atoms with Crippen LogP contribution in [-0.2, 0) is 10.0 Å². The van der Waals surface area contributed by atoms with Gasteiger partial charge in [-0.25, -0.2) is 8.42 Å². The van der Waals surface area contributed by atoms with E-state index in [9.17, 15) is 8.42 Å². The molecule has 5 nitrogen and oxygen atoms in total. The van der Waals surface area contributed by atoms with Crippen LogP contribution in [0.3, 0.4) is 0 Å². The first kappa shape index (κ1) is 14.5. The van der Waals surface area contributed by atoms with Crippen LogP contribution in [0.25, 0.3) is 0 Å². The zero-order valence-corrected chi connectivity index (χ0v) is 12.2. The lowest BCUT2D eigenvalue weighted by Crippen LogP contribution is -2.13. The molecule has 0 aliphatic carbocycles. The highest BCUT2D eigenvalue weighted by molar-refractivity contribution is 7.92. The van der Waals surface area contributed by atoms with Crippen LogP contribution in [0.1, 0.15) is 0 Å². The zero-order valence-electron chi connectivity index (χ0n) is 10.6. The maximum absolute atomic E-state index is 12.2. The van der Waals surface area contributed by atoms with Crippen molar-refractivity contribution >= 4 is 33.0 Å². The lowest BCUT2D eigenvalue weighted by Gasteiger charge is -2.10. The normalized spacial score (nSPS) is 11.1. The first-order valence-electron chi connectivity index (χ1n) is 5.64. The van der Waals surface area contributed by atoms with E-state index in [0.717, 1.165) is 0 Å². The average molecular weight is 313 g/mol. The highest BCUT2D eigenvalue weighted by atomic mass is 35.5. The van der Waals surface area contributed by atoms with Crippen molar-refractivity contribution in [1.29, 1.82) is 0 Å². The number of halogens is 1. The first-order valence-corrected chi connectivity index (χ1v) is 7.50. The van der Waals surface area contributed by atoms with Crippen molar-refractivity contribution in [3.05, 3.63) is 47.5 Å². The molecule has 0 aromatic heterocycles. The molecule has 0 amide bonds.